The fourth-order valence-corrected chi connectivity index (χ4v) is 3.13. The average Bonchev–Trinajstić information content (AvgIpc) is 3.01. The first-order chi connectivity index (χ1) is 9.24. The maximum Gasteiger partial charge on any atom is 0.319 e. The van der Waals surface area contributed by atoms with Crippen LogP contribution >= 0.6 is 27.7 Å². The number of hydrogen-bond donors (Lipinski definition) is 1. The maximum absolute atomic E-state index is 11.4. The van der Waals surface area contributed by atoms with Crippen LogP contribution in [0.1, 0.15) is 6.42 Å². The molecule has 0 saturated carbocycles. The molecule has 0 aliphatic carbocycles. The molecule has 1 N–H and O–H groups in total. The van der Waals surface area contributed by atoms with Crippen molar-refractivity contribution in [3.05, 3.63) is 28.7 Å². The van der Waals surface area contributed by atoms with E-state index in [1.807, 2.05) is 24.3 Å². The summed E-state index contributed by atoms with van der Waals surface area (Å²) in [7, 11) is 0. The van der Waals surface area contributed by atoms with Gasteiger partial charge in [0.15, 0.2) is 5.82 Å². The second-order valence-corrected chi connectivity index (χ2v) is 6.03. The standard InChI is InChI=1S/C12H10BrN3O2S/c13-8-4-2-1-3-7(8)10-14-12(16-15-10)19-9-5-6-18-11(9)17/h1-4,9H,5-6H2,(H,14,15,16)/t9-/m0/s1. The number of aromatic amines is 1. The van der Waals surface area contributed by atoms with Crippen molar-refractivity contribution in [3.63, 3.8) is 0 Å². The number of thioether (sulfide) groups is 1. The largest absolute Gasteiger partial charge is 0.465 e. The second kappa shape index (κ2) is 5.34. The highest BCUT2D eigenvalue weighted by molar-refractivity contribution is 9.10. The third kappa shape index (κ3) is 2.66. The molecule has 1 saturated heterocycles. The quantitative estimate of drug-likeness (QED) is 0.870. The lowest BCUT2D eigenvalue weighted by molar-refractivity contribution is -0.137. The highest BCUT2D eigenvalue weighted by atomic mass is 79.9. The van der Waals surface area contributed by atoms with E-state index in [0.717, 1.165) is 10.0 Å². The number of hydrogen-bond acceptors (Lipinski definition) is 5. The molecule has 1 fully saturated rings. The van der Waals surface area contributed by atoms with Gasteiger partial charge in [0.2, 0.25) is 5.16 Å². The zero-order valence-corrected chi connectivity index (χ0v) is 12.2. The zero-order chi connectivity index (χ0) is 13.2. The van der Waals surface area contributed by atoms with Crippen molar-refractivity contribution < 1.29 is 9.53 Å². The number of nitrogens with one attached hydrogen (secondary N) is 1. The molecule has 0 radical (unpaired) electrons. The molecule has 3 rings (SSSR count). The average molecular weight is 340 g/mol. The first-order valence-electron chi connectivity index (χ1n) is 5.74. The van der Waals surface area contributed by atoms with Gasteiger partial charge in [0.05, 0.1) is 6.61 Å². The first kappa shape index (κ1) is 12.7. The molecule has 1 aromatic carbocycles. The molecule has 0 bridgehead atoms. The van der Waals surface area contributed by atoms with E-state index in [0.29, 0.717) is 24.0 Å². The minimum Gasteiger partial charge on any atom is -0.465 e. The van der Waals surface area contributed by atoms with E-state index in [-0.39, 0.29) is 11.2 Å². The van der Waals surface area contributed by atoms with Crippen LogP contribution in [0.5, 0.6) is 0 Å². The number of esters is 1. The summed E-state index contributed by atoms with van der Waals surface area (Å²) in [6, 6.07) is 7.76. The fraction of sp³-hybridized carbons (Fsp3) is 0.250. The minimum atomic E-state index is -0.192. The molecule has 0 unspecified atom stereocenters. The Balaban J connectivity index is 1.80. The minimum absolute atomic E-state index is 0.183. The van der Waals surface area contributed by atoms with Gasteiger partial charge in [-0.1, -0.05) is 45.9 Å². The molecule has 1 aromatic heterocycles. The van der Waals surface area contributed by atoms with Crippen molar-refractivity contribution in [2.24, 2.45) is 0 Å². The Morgan fingerprint density at radius 2 is 2.26 bits per heavy atom. The molecule has 19 heavy (non-hydrogen) atoms. The number of halogens is 1. The van der Waals surface area contributed by atoms with Gasteiger partial charge < -0.3 is 4.74 Å². The van der Waals surface area contributed by atoms with Gasteiger partial charge in [0.25, 0.3) is 0 Å². The number of benzene rings is 1. The summed E-state index contributed by atoms with van der Waals surface area (Å²) in [6.07, 6.45) is 0.711. The van der Waals surface area contributed by atoms with Crippen LogP contribution in [0.4, 0.5) is 0 Å². The Bertz CT molecular complexity index is 617. The van der Waals surface area contributed by atoms with Gasteiger partial charge in [-0.15, -0.1) is 5.10 Å². The van der Waals surface area contributed by atoms with Crippen LogP contribution in [0.2, 0.25) is 0 Å². The summed E-state index contributed by atoms with van der Waals surface area (Å²) < 4.78 is 5.86. The number of ether oxygens (including phenoxy) is 1. The predicted octanol–water partition coefficient (Wildman–Crippen LogP) is 2.64. The molecule has 1 aliphatic heterocycles. The number of cyclic esters (lactones) is 1. The molecule has 98 valence electrons. The lowest BCUT2D eigenvalue weighted by Gasteiger charge is -2.00. The van der Waals surface area contributed by atoms with Gasteiger partial charge in [-0.05, 0) is 6.07 Å². The summed E-state index contributed by atoms with van der Waals surface area (Å²) in [5, 5.41) is 7.39. The smallest absolute Gasteiger partial charge is 0.319 e. The van der Waals surface area contributed by atoms with Crippen molar-refractivity contribution in [2.75, 3.05) is 6.61 Å². The first-order valence-corrected chi connectivity index (χ1v) is 7.42. The van der Waals surface area contributed by atoms with E-state index in [9.17, 15) is 4.79 Å². The van der Waals surface area contributed by atoms with Crippen molar-refractivity contribution >= 4 is 33.7 Å². The molecule has 1 atom stereocenters. The Hall–Kier alpha value is -1.34. The SMILES string of the molecule is O=C1OCC[C@@H]1Sc1n[nH]c(-c2ccccc2Br)n1. The molecule has 7 heteroatoms. The lowest BCUT2D eigenvalue weighted by atomic mass is 10.2. The van der Waals surface area contributed by atoms with Crippen LogP contribution in [0.25, 0.3) is 11.4 Å². The summed E-state index contributed by atoms with van der Waals surface area (Å²) in [5.74, 6) is 0.499. The second-order valence-electron chi connectivity index (χ2n) is 4.01. The van der Waals surface area contributed by atoms with Crippen molar-refractivity contribution in [3.8, 4) is 11.4 Å². The van der Waals surface area contributed by atoms with Crippen LogP contribution < -0.4 is 0 Å². The van der Waals surface area contributed by atoms with Crippen LogP contribution in [0, 0.1) is 0 Å². The Morgan fingerprint density at radius 3 is 3.00 bits per heavy atom. The Labute approximate surface area is 122 Å². The molecule has 0 spiro atoms. The van der Waals surface area contributed by atoms with Crippen LogP contribution in [-0.2, 0) is 9.53 Å². The van der Waals surface area contributed by atoms with Gasteiger partial charge in [-0.3, -0.25) is 9.89 Å². The van der Waals surface area contributed by atoms with E-state index < -0.39 is 0 Å². The Kier molecular flexibility index (Phi) is 3.56. The summed E-state index contributed by atoms with van der Waals surface area (Å²) in [6.45, 7) is 0.484. The number of carbonyl (C=O) groups excluding carboxylic acids is 1. The fourth-order valence-electron chi connectivity index (χ4n) is 1.78. The van der Waals surface area contributed by atoms with Crippen LogP contribution in [-0.4, -0.2) is 33.0 Å². The van der Waals surface area contributed by atoms with Gasteiger partial charge in [0.1, 0.15) is 5.25 Å². The highest BCUT2D eigenvalue weighted by Crippen LogP contribution is 2.30. The lowest BCUT2D eigenvalue weighted by Crippen LogP contribution is -2.09. The van der Waals surface area contributed by atoms with Crippen molar-refractivity contribution in [1.82, 2.24) is 15.2 Å². The van der Waals surface area contributed by atoms with E-state index in [4.69, 9.17) is 4.74 Å². The van der Waals surface area contributed by atoms with Gasteiger partial charge in [-0.25, -0.2) is 4.98 Å². The molecule has 1 aliphatic rings. The van der Waals surface area contributed by atoms with Gasteiger partial charge in [0, 0.05) is 16.5 Å². The number of aromatic nitrogens is 3. The summed E-state index contributed by atoms with van der Waals surface area (Å²) >= 11 is 4.81. The maximum atomic E-state index is 11.4. The summed E-state index contributed by atoms with van der Waals surface area (Å²) in [4.78, 5) is 15.8. The zero-order valence-electron chi connectivity index (χ0n) is 9.80. The van der Waals surface area contributed by atoms with E-state index in [2.05, 4.69) is 31.1 Å². The van der Waals surface area contributed by atoms with Gasteiger partial charge >= 0.3 is 5.97 Å². The highest BCUT2D eigenvalue weighted by Gasteiger charge is 2.29. The third-order valence-electron chi connectivity index (χ3n) is 2.73. The molecule has 2 heterocycles. The summed E-state index contributed by atoms with van der Waals surface area (Å²) in [5.41, 5.74) is 0.941. The number of carbonyl (C=O) groups is 1. The van der Waals surface area contributed by atoms with Crippen LogP contribution in [0.3, 0.4) is 0 Å². The predicted molar refractivity (Wildman–Crippen MR) is 74.7 cm³/mol. The monoisotopic (exact) mass is 339 g/mol. The van der Waals surface area contributed by atoms with Crippen LogP contribution in [0.15, 0.2) is 33.9 Å². The van der Waals surface area contributed by atoms with E-state index >= 15 is 0 Å². The van der Waals surface area contributed by atoms with E-state index in [1.165, 1.54) is 11.8 Å². The topological polar surface area (TPSA) is 67.9 Å². The number of nitrogens with zero attached hydrogens (tertiary/aromatic N) is 2. The Morgan fingerprint density at radius 1 is 1.42 bits per heavy atom. The third-order valence-corrected chi connectivity index (χ3v) is 4.53. The van der Waals surface area contributed by atoms with Crippen molar-refractivity contribution in [1.29, 1.82) is 0 Å². The number of rotatable bonds is 3. The van der Waals surface area contributed by atoms with Crippen molar-refractivity contribution in [2.45, 2.75) is 16.8 Å². The molecular formula is C12H10BrN3O2S. The normalized spacial score (nSPS) is 18.6. The number of H-pyrrole nitrogens is 1. The molecular weight excluding hydrogens is 330 g/mol. The molecule has 0 amide bonds. The molecule has 2 aromatic rings. The van der Waals surface area contributed by atoms with Gasteiger partial charge in [-0.2, -0.15) is 0 Å². The molecule has 5 nitrogen and oxygen atoms in total. The van der Waals surface area contributed by atoms with E-state index in [1.54, 1.807) is 0 Å².